The van der Waals surface area contributed by atoms with Gasteiger partial charge in [-0.2, -0.15) is 0 Å². The molecule has 0 aliphatic rings. The van der Waals surface area contributed by atoms with Gasteiger partial charge in [0.05, 0.1) is 4.47 Å². The summed E-state index contributed by atoms with van der Waals surface area (Å²) in [6.45, 7) is 5.57. The quantitative estimate of drug-likeness (QED) is 0.837. The molecule has 0 unspecified atom stereocenters. The third kappa shape index (κ3) is 3.47. The average molecular weight is 311 g/mol. The number of phenols is 1. The zero-order valence-corrected chi connectivity index (χ0v) is 11.2. The second-order valence-corrected chi connectivity index (χ2v) is 4.42. The van der Waals surface area contributed by atoms with E-state index >= 15 is 0 Å². The van der Waals surface area contributed by atoms with Gasteiger partial charge in [-0.3, -0.25) is 0 Å². The van der Waals surface area contributed by atoms with Crippen molar-refractivity contribution in [2.75, 3.05) is 0 Å². The summed E-state index contributed by atoms with van der Waals surface area (Å²) < 4.78 is 13.5. The molecule has 2 nitrogen and oxygen atoms in total. The maximum absolute atomic E-state index is 13.3. The normalized spacial score (nSPS) is 11.8. The van der Waals surface area contributed by atoms with Crippen molar-refractivity contribution in [1.29, 1.82) is 0 Å². The van der Waals surface area contributed by atoms with E-state index in [1.807, 2.05) is 6.92 Å². The Bertz CT molecular complexity index is 398. The fraction of sp³-hybridized carbons (Fsp3) is 0.273. The second kappa shape index (κ2) is 6.23. The minimum atomic E-state index is -0.676. The molecular weight excluding hydrogens is 296 g/mol. The molecule has 1 aromatic carbocycles. The molecule has 1 rings (SSSR count). The van der Waals surface area contributed by atoms with Crippen molar-refractivity contribution in [3.8, 4) is 5.75 Å². The lowest BCUT2D eigenvalue weighted by Crippen LogP contribution is -2.11. The number of nitrogens with two attached hydrogens (primary N) is 1. The van der Waals surface area contributed by atoms with E-state index in [9.17, 15) is 9.50 Å². The number of aromatic hydroxyl groups is 1. The number of rotatable bonds is 3. The lowest BCUT2D eigenvalue weighted by molar-refractivity contribution is 0.418. The van der Waals surface area contributed by atoms with Crippen molar-refractivity contribution in [1.82, 2.24) is 0 Å². The summed E-state index contributed by atoms with van der Waals surface area (Å²) in [4.78, 5) is 0. The maximum atomic E-state index is 13.3. The minimum Gasteiger partial charge on any atom is -0.505 e. The molecule has 16 heavy (non-hydrogen) atoms. The van der Waals surface area contributed by atoms with E-state index < -0.39 is 17.6 Å². The summed E-state index contributed by atoms with van der Waals surface area (Å²) >= 11 is 2.99. The fourth-order valence-electron chi connectivity index (χ4n) is 1.34. The van der Waals surface area contributed by atoms with Crippen molar-refractivity contribution in [3.05, 3.63) is 40.1 Å². The lowest BCUT2D eigenvalue weighted by Gasteiger charge is -2.14. The van der Waals surface area contributed by atoms with Gasteiger partial charge in [0.25, 0.3) is 0 Å². The van der Waals surface area contributed by atoms with Crippen LogP contribution in [-0.4, -0.2) is 5.11 Å². The Hall–Kier alpha value is -0.580. The van der Waals surface area contributed by atoms with Crippen LogP contribution >= 0.6 is 28.3 Å². The number of halogens is 3. The predicted octanol–water partition coefficient (Wildman–Crippen LogP) is 3.68. The van der Waals surface area contributed by atoms with E-state index in [1.54, 1.807) is 6.07 Å². The van der Waals surface area contributed by atoms with Gasteiger partial charge in [0.2, 0.25) is 0 Å². The van der Waals surface area contributed by atoms with Crippen LogP contribution in [0.3, 0.4) is 0 Å². The molecule has 0 saturated carbocycles. The Labute approximate surface area is 109 Å². The molecule has 1 atom stereocenters. The second-order valence-electron chi connectivity index (χ2n) is 3.57. The first kappa shape index (κ1) is 15.4. The molecular formula is C11H14BrClFNO. The van der Waals surface area contributed by atoms with Gasteiger partial charge in [0, 0.05) is 11.6 Å². The van der Waals surface area contributed by atoms with E-state index in [4.69, 9.17) is 5.73 Å². The van der Waals surface area contributed by atoms with Crippen molar-refractivity contribution < 1.29 is 9.50 Å². The van der Waals surface area contributed by atoms with Crippen LogP contribution in [0.2, 0.25) is 0 Å². The molecule has 0 aliphatic carbocycles. The average Bonchev–Trinajstić information content (AvgIpc) is 2.13. The Morgan fingerprint density at radius 1 is 1.62 bits per heavy atom. The monoisotopic (exact) mass is 309 g/mol. The first-order valence-corrected chi connectivity index (χ1v) is 5.29. The van der Waals surface area contributed by atoms with Gasteiger partial charge >= 0.3 is 0 Å². The van der Waals surface area contributed by atoms with Crippen LogP contribution in [0.1, 0.15) is 24.9 Å². The molecule has 90 valence electrons. The third-order valence-corrected chi connectivity index (χ3v) is 2.68. The number of benzene rings is 1. The Kier molecular flexibility index (Phi) is 6.00. The standard InChI is InChI=1S/C11H13BrFNO.ClH/c1-6(2)5-9(14)7-3-4-8(12)10(13)11(7)15;/h3-4,9,15H,1,5,14H2,2H3;1H/t9-;/m1./s1. The van der Waals surface area contributed by atoms with Gasteiger partial charge < -0.3 is 10.8 Å². The maximum Gasteiger partial charge on any atom is 0.179 e. The van der Waals surface area contributed by atoms with Gasteiger partial charge in [-0.1, -0.05) is 11.6 Å². The molecule has 0 radical (unpaired) electrons. The molecule has 0 fully saturated rings. The van der Waals surface area contributed by atoms with Crippen LogP contribution < -0.4 is 5.73 Å². The molecule has 0 saturated heterocycles. The van der Waals surface area contributed by atoms with Gasteiger partial charge in [-0.15, -0.1) is 19.0 Å². The topological polar surface area (TPSA) is 46.2 Å². The van der Waals surface area contributed by atoms with Crippen molar-refractivity contribution >= 4 is 28.3 Å². The van der Waals surface area contributed by atoms with Gasteiger partial charge in [-0.05, 0) is 35.3 Å². The van der Waals surface area contributed by atoms with Crippen LogP contribution in [0, 0.1) is 5.82 Å². The number of hydrogen-bond donors (Lipinski definition) is 2. The van der Waals surface area contributed by atoms with E-state index in [-0.39, 0.29) is 16.9 Å². The Morgan fingerprint density at radius 2 is 2.19 bits per heavy atom. The molecule has 0 heterocycles. The predicted molar refractivity (Wildman–Crippen MR) is 69.4 cm³/mol. The van der Waals surface area contributed by atoms with E-state index in [0.29, 0.717) is 12.0 Å². The summed E-state index contributed by atoms with van der Waals surface area (Å²) in [6.07, 6.45) is 0.522. The molecule has 0 aromatic heterocycles. The summed E-state index contributed by atoms with van der Waals surface area (Å²) in [5.74, 6) is -1.07. The number of hydrogen-bond acceptors (Lipinski definition) is 2. The summed E-state index contributed by atoms with van der Waals surface area (Å²) in [7, 11) is 0. The first-order valence-electron chi connectivity index (χ1n) is 4.50. The highest BCUT2D eigenvalue weighted by atomic mass is 79.9. The summed E-state index contributed by atoms with van der Waals surface area (Å²) in [5.41, 5.74) is 7.11. The van der Waals surface area contributed by atoms with E-state index in [2.05, 4.69) is 22.5 Å². The molecule has 0 spiro atoms. The van der Waals surface area contributed by atoms with Crippen molar-refractivity contribution in [3.63, 3.8) is 0 Å². The molecule has 1 aromatic rings. The fourth-order valence-corrected chi connectivity index (χ4v) is 1.66. The van der Waals surface area contributed by atoms with Crippen molar-refractivity contribution in [2.24, 2.45) is 5.73 Å². The zero-order valence-electron chi connectivity index (χ0n) is 8.84. The van der Waals surface area contributed by atoms with Crippen LogP contribution in [-0.2, 0) is 0 Å². The lowest BCUT2D eigenvalue weighted by atomic mass is 10.0. The van der Waals surface area contributed by atoms with Crippen LogP contribution in [0.5, 0.6) is 5.75 Å². The summed E-state index contributed by atoms with van der Waals surface area (Å²) in [6, 6.07) is 2.71. The SMILES string of the molecule is C=C(C)C[C@@H](N)c1ccc(Br)c(F)c1O.Cl. The van der Waals surface area contributed by atoms with E-state index in [1.165, 1.54) is 6.07 Å². The van der Waals surface area contributed by atoms with Gasteiger partial charge in [-0.25, -0.2) is 4.39 Å². The third-order valence-electron chi connectivity index (χ3n) is 2.07. The molecule has 0 amide bonds. The van der Waals surface area contributed by atoms with Crippen LogP contribution in [0.25, 0.3) is 0 Å². The highest BCUT2D eigenvalue weighted by molar-refractivity contribution is 9.10. The number of phenolic OH excluding ortho intramolecular Hbond substituents is 1. The minimum absolute atomic E-state index is 0. The molecule has 0 bridgehead atoms. The van der Waals surface area contributed by atoms with Gasteiger partial charge in [0.15, 0.2) is 11.6 Å². The Balaban J connectivity index is 0.00000225. The van der Waals surface area contributed by atoms with Gasteiger partial charge in [0.1, 0.15) is 0 Å². The summed E-state index contributed by atoms with van der Waals surface area (Å²) in [5, 5.41) is 9.55. The highest BCUT2D eigenvalue weighted by Crippen LogP contribution is 2.32. The zero-order chi connectivity index (χ0) is 11.6. The van der Waals surface area contributed by atoms with E-state index in [0.717, 1.165) is 5.57 Å². The Morgan fingerprint density at radius 3 is 2.69 bits per heavy atom. The van der Waals surface area contributed by atoms with Crippen LogP contribution in [0.15, 0.2) is 28.8 Å². The van der Waals surface area contributed by atoms with Crippen molar-refractivity contribution in [2.45, 2.75) is 19.4 Å². The molecule has 0 aliphatic heterocycles. The molecule has 3 N–H and O–H groups in total. The highest BCUT2D eigenvalue weighted by Gasteiger charge is 2.16. The van der Waals surface area contributed by atoms with Crippen LogP contribution in [0.4, 0.5) is 4.39 Å². The first-order chi connectivity index (χ1) is 6.93. The smallest absolute Gasteiger partial charge is 0.179 e. The largest absolute Gasteiger partial charge is 0.505 e. The molecule has 5 heteroatoms.